The second-order valence-corrected chi connectivity index (χ2v) is 7.80. The first kappa shape index (κ1) is 21.2. The first-order valence-electron chi connectivity index (χ1n) is 9.73. The van der Waals surface area contributed by atoms with Crippen LogP contribution in [0.3, 0.4) is 0 Å². The quantitative estimate of drug-likeness (QED) is 0.541. The van der Waals surface area contributed by atoms with Crippen LogP contribution in [-0.4, -0.2) is 51.4 Å². The molecule has 3 heterocycles. The molecule has 1 saturated heterocycles. The largest absolute Gasteiger partial charge is 0.416 e. The number of hydrogen-bond acceptors (Lipinski definition) is 5. The van der Waals surface area contributed by atoms with Crippen LogP contribution in [0.15, 0.2) is 36.8 Å². The predicted octanol–water partition coefficient (Wildman–Crippen LogP) is 4.15. The highest BCUT2D eigenvalue weighted by Gasteiger charge is 2.31. The summed E-state index contributed by atoms with van der Waals surface area (Å²) in [6, 6.07) is 5.05. The number of halogens is 4. The van der Waals surface area contributed by atoms with Crippen LogP contribution in [0.25, 0.3) is 11.0 Å². The molecule has 164 valence electrons. The van der Waals surface area contributed by atoms with E-state index < -0.39 is 11.7 Å². The van der Waals surface area contributed by atoms with Gasteiger partial charge in [-0.1, -0.05) is 11.6 Å². The number of fused-ring (bicyclic) bond motifs is 1. The Kier molecular flexibility index (Phi) is 5.90. The Bertz CT molecular complexity index is 1090. The average Bonchev–Trinajstić information content (AvgIpc) is 3.21. The Balaban J connectivity index is 1.37. The molecule has 7 nitrogen and oxygen atoms in total. The lowest BCUT2D eigenvalue weighted by molar-refractivity contribution is -0.137. The van der Waals surface area contributed by atoms with Gasteiger partial charge in [-0.2, -0.15) is 13.2 Å². The zero-order chi connectivity index (χ0) is 22.0. The standard InChI is InChI=1S/C20H20ClF3N6O/c21-13-6-12(20(22,23)24)7-15(8-13)26-9-17(31)30-5-1-2-14(10-30)29-19-16-3-4-25-18(16)27-11-28-19/h3-4,6-8,11,14,26H,1-2,5,9-10H2,(H2,25,27,28,29). The van der Waals surface area contributed by atoms with E-state index in [1.54, 1.807) is 11.1 Å². The highest BCUT2D eigenvalue weighted by atomic mass is 35.5. The Hall–Kier alpha value is -3.01. The number of nitrogens with zero attached hydrogens (tertiary/aromatic N) is 3. The fraction of sp³-hybridized carbons (Fsp3) is 0.350. The monoisotopic (exact) mass is 452 g/mol. The Labute approximate surface area is 181 Å². The van der Waals surface area contributed by atoms with Gasteiger partial charge in [-0.3, -0.25) is 4.79 Å². The topological polar surface area (TPSA) is 85.9 Å². The SMILES string of the molecule is O=C(CNc1cc(Cl)cc(C(F)(F)F)c1)N1CCCC(Nc2ncnc3[nH]ccc23)C1. The van der Waals surface area contributed by atoms with E-state index >= 15 is 0 Å². The number of H-pyrrole nitrogens is 1. The van der Waals surface area contributed by atoms with Crippen LogP contribution in [0.1, 0.15) is 18.4 Å². The number of alkyl halides is 3. The van der Waals surface area contributed by atoms with E-state index in [1.807, 2.05) is 6.07 Å². The van der Waals surface area contributed by atoms with Crippen molar-refractivity contribution in [2.75, 3.05) is 30.3 Å². The molecule has 1 fully saturated rings. The van der Waals surface area contributed by atoms with E-state index in [1.165, 1.54) is 12.4 Å². The van der Waals surface area contributed by atoms with Gasteiger partial charge in [0.15, 0.2) is 0 Å². The number of aromatic nitrogens is 3. The number of rotatable bonds is 5. The Morgan fingerprint density at radius 1 is 1.29 bits per heavy atom. The number of aromatic amines is 1. The van der Waals surface area contributed by atoms with Crippen molar-refractivity contribution in [3.63, 3.8) is 0 Å². The third kappa shape index (κ3) is 5.01. The van der Waals surface area contributed by atoms with Crippen LogP contribution in [0.2, 0.25) is 5.02 Å². The van der Waals surface area contributed by atoms with Gasteiger partial charge >= 0.3 is 6.18 Å². The van der Waals surface area contributed by atoms with Crippen LogP contribution in [-0.2, 0) is 11.0 Å². The van der Waals surface area contributed by atoms with Gasteiger partial charge in [-0.05, 0) is 37.1 Å². The third-order valence-corrected chi connectivity index (χ3v) is 5.36. The van der Waals surface area contributed by atoms with E-state index in [2.05, 4.69) is 25.6 Å². The van der Waals surface area contributed by atoms with E-state index in [0.29, 0.717) is 18.9 Å². The molecule has 1 atom stereocenters. The number of piperidine rings is 1. The zero-order valence-corrected chi connectivity index (χ0v) is 17.1. The highest BCUT2D eigenvalue weighted by Crippen LogP contribution is 2.33. The molecule has 3 N–H and O–H groups in total. The lowest BCUT2D eigenvalue weighted by atomic mass is 10.1. The van der Waals surface area contributed by atoms with Gasteiger partial charge in [0.2, 0.25) is 5.91 Å². The molecule has 3 aromatic rings. The van der Waals surface area contributed by atoms with Gasteiger partial charge in [0.05, 0.1) is 17.5 Å². The third-order valence-electron chi connectivity index (χ3n) is 5.14. The summed E-state index contributed by atoms with van der Waals surface area (Å²) in [6.45, 7) is 0.936. The van der Waals surface area contributed by atoms with Gasteiger partial charge in [0.1, 0.15) is 17.8 Å². The molecule has 1 aromatic carbocycles. The van der Waals surface area contributed by atoms with Crippen molar-refractivity contribution in [1.82, 2.24) is 19.9 Å². The molecular weight excluding hydrogens is 433 g/mol. The lowest BCUT2D eigenvalue weighted by Crippen LogP contribution is -2.47. The minimum Gasteiger partial charge on any atom is -0.376 e. The van der Waals surface area contributed by atoms with Crippen molar-refractivity contribution >= 4 is 40.0 Å². The molecule has 0 saturated carbocycles. The van der Waals surface area contributed by atoms with Crippen molar-refractivity contribution in [3.05, 3.63) is 47.4 Å². The highest BCUT2D eigenvalue weighted by molar-refractivity contribution is 6.31. The Morgan fingerprint density at radius 3 is 2.94 bits per heavy atom. The molecule has 0 aliphatic carbocycles. The zero-order valence-electron chi connectivity index (χ0n) is 16.3. The summed E-state index contributed by atoms with van der Waals surface area (Å²) in [7, 11) is 0. The lowest BCUT2D eigenvalue weighted by Gasteiger charge is -2.33. The first-order chi connectivity index (χ1) is 14.8. The first-order valence-corrected chi connectivity index (χ1v) is 10.1. The van der Waals surface area contributed by atoms with Crippen LogP contribution >= 0.6 is 11.6 Å². The van der Waals surface area contributed by atoms with Crippen LogP contribution in [0.4, 0.5) is 24.7 Å². The summed E-state index contributed by atoms with van der Waals surface area (Å²) in [5.74, 6) is 0.497. The molecule has 4 rings (SSSR count). The number of hydrogen-bond donors (Lipinski definition) is 3. The average molecular weight is 453 g/mol. The molecule has 1 aliphatic rings. The molecule has 2 aromatic heterocycles. The maximum absolute atomic E-state index is 13.0. The summed E-state index contributed by atoms with van der Waals surface area (Å²) in [5, 5.41) is 6.95. The van der Waals surface area contributed by atoms with Crippen molar-refractivity contribution in [2.24, 2.45) is 0 Å². The van der Waals surface area contributed by atoms with Gasteiger partial charge in [-0.15, -0.1) is 0 Å². The van der Waals surface area contributed by atoms with Crippen molar-refractivity contribution in [1.29, 1.82) is 0 Å². The van der Waals surface area contributed by atoms with Crippen molar-refractivity contribution < 1.29 is 18.0 Å². The Morgan fingerprint density at radius 2 is 2.13 bits per heavy atom. The fourth-order valence-electron chi connectivity index (χ4n) is 3.65. The molecule has 1 aliphatic heterocycles. The number of carbonyl (C=O) groups is 1. The number of benzene rings is 1. The molecule has 11 heteroatoms. The van der Waals surface area contributed by atoms with E-state index in [-0.39, 0.29) is 29.2 Å². The number of anilines is 2. The van der Waals surface area contributed by atoms with E-state index in [0.717, 1.165) is 36.0 Å². The van der Waals surface area contributed by atoms with E-state index in [4.69, 9.17) is 11.6 Å². The van der Waals surface area contributed by atoms with Crippen LogP contribution in [0, 0.1) is 0 Å². The smallest absolute Gasteiger partial charge is 0.376 e. The number of amides is 1. The van der Waals surface area contributed by atoms with Gasteiger partial charge in [0.25, 0.3) is 0 Å². The number of likely N-dealkylation sites (tertiary alicyclic amines) is 1. The second kappa shape index (κ2) is 8.62. The van der Waals surface area contributed by atoms with Crippen LogP contribution < -0.4 is 10.6 Å². The van der Waals surface area contributed by atoms with Gasteiger partial charge in [0, 0.05) is 36.0 Å². The molecule has 0 radical (unpaired) electrons. The summed E-state index contributed by atoms with van der Waals surface area (Å²) >= 11 is 5.79. The second-order valence-electron chi connectivity index (χ2n) is 7.37. The summed E-state index contributed by atoms with van der Waals surface area (Å²) in [5.41, 5.74) is 0.0130. The molecule has 1 amide bonds. The van der Waals surface area contributed by atoms with Gasteiger partial charge in [-0.25, -0.2) is 9.97 Å². The number of nitrogens with one attached hydrogen (secondary N) is 3. The molecule has 0 bridgehead atoms. The summed E-state index contributed by atoms with van der Waals surface area (Å²) in [6.07, 6.45) is 0.420. The summed E-state index contributed by atoms with van der Waals surface area (Å²) < 4.78 is 38.9. The normalized spacial score (nSPS) is 17.0. The maximum atomic E-state index is 13.0. The van der Waals surface area contributed by atoms with Crippen molar-refractivity contribution in [3.8, 4) is 0 Å². The van der Waals surface area contributed by atoms with Crippen molar-refractivity contribution in [2.45, 2.75) is 25.1 Å². The van der Waals surface area contributed by atoms with Crippen LogP contribution in [0.5, 0.6) is 0 Å². The summed E-state index contributed by atoms with van der Waals surface area (Å²) in [4.78, 5) is 25.8. The molecule has 1 unspecified atom stereocenters. The molecular formula is C20H20ClF3N6O. The molecule has 0 spiro atoms. The van der Waals surface area contributed by atoms with Gasteiger partial charge < -0.3 is 20.5 Å². The predicted molar refractivity (Wildman–Crippen MR) is 112 cm³/mol. The minimum atomic E-state index is -4.51. The number of carbonyl (C=O) groups excluding carboxylic acids is 1. The minimum absolute atomic E-state index is 0.00806. The molecule has 31 heavy (non-hydrogen) atoms. The fourth-order valence-corrected chi connectivity index (χ4v) is 3.88. The maximum Gasteiger partial charge on any atom is 0.416 e. The van der Waals surface area contributed by atoms with E-state index in [9.17, 15) is 18.0 Å².